The van der Waals surface area contributed by atoms with E-state index in [0.29, 0.717) is 17.5 Å². The lowest BCUT2D eigenvalue weighted by molar-refractivity contribution is -0.142. The molecule has 10 atom stereocenters. The summed E-state index contributed by atoms with van der Waals surface area (Å²) in [4.78, 5) is 163. The summed E-state index contributed by atoms with van der Waals surface area (Å²) in [6, 6.07) is 0.418. The summed E-state index contributed by atoms with van der Waals surface area (Å²) in [6.45, 7) is 1.87. The van der Waals surface area contributed by atoms with E-state index < -0.39 is 164 Å². The van der Waals surface area contributed by atoms with Gasteiger partial charge >= 0.3 is 11.9 Å². The molecule has 476 valence electrons. The van der Waals surface area contributed by atoms with Gasteiger partial charge in [-0.25, -0.2) is 4.79 Å². The maximum Gasteiger partial charge on any atom is 0.326 e. The number of hydrogen-bond donors (Lipinski definition) is 19. The highest BCUT2D eigenvalue weighted by Crippen LogP contribution is 2.14. The van der Waals surface area contributed by atoms with Gasteiger partial charge in [0.05, 0.1) is 25.6 Å². The predicted molar refractivity (Wildman–Crippen MR) is 315 cm³/mol. The number of aromatic hydroxyl groups is 1. The van der Waals surface area contributed by atoms with Crippen LogP contribution in [-0.2, 0) is 70.4 Å². The summed E-state index contributed by atoms with van der Waals surface area (Å²) in [5.41, 5.74) is 28.9. The SMILES string of the molecule is CC[C@H](C)[C@H](NC(=O)[C@H](CCC(N)=O)NC(=O)[C@H](CCS)NC(=O)[C@H](CC(=O)O)NC(=O)[C@H](CCCCN)NC(=O)[C@H](Cc1ccccc1)NC(=O)[C@H](CO)NC(=O)[C@@H](N)Cc1ccc(O)cc1)C(=O)NCC(=O)N[C@@H](CCCN=C(N)N)C(=O)O. The zero-order valence-corrected chi connectivity index (χ0v) is 48.9. The number of nitrogens with one attached hydrogen (secondary N) is 9. The van der Waals surface area contributed by atoms with Crippen molar-refractivity contribution in [2.45, 2.75) is 145 Å². The van der Waals surface area contributed by atoms with Crippen LogP contribution >= 0.6 is 12.6 Å². The van der Waals surface area contributed by atoms with Crippen molar-refractivity contribution in [3.63, 3.8) is 0 Å². The molecule has 0 aliphatic heterocycles. The number of rotatable bonds is 41. The third kappa shape index (κ3) is 27.8. The number of carbonyl (C=O) groups is 12. The number of aliphatic hydroxyl groups is 1. The van der Waals surface area contributed by atoms with Crippen molar-refractivity contribution in [3.05, 3.63) is 65.7 Å². The molecule has 0 unspecified atom stereocenters. The van der Waals surface area contributed by atoms with Crippen LogP contribution in [0.15, 0.2) is 59.6 Å². The third-order valence-electron chi connectivity index (χ3n) is 13.2. The first-order valence-corrected chi connectivity index (χ1v) is 28.3. The van der Waals surface area contributed by atoms with Gasteiger partial charge < -0.3 is 96.9 Å². The Kier molecular flexibility index (Phi) is 33.4. The number of thiol groups is 1. The number of unbranched alkanes of at least 4 members (excludes halogenated alkanes) is 1. The number of carbonyl (C=O) groups excluding carboxylic acids is 10. The highest BCUT2D eigenvalue weighted by Gasteiger charge is 2.36. The molecule has 0 aliphatic carbocycles. The number of carboxylic acids is 2. The Labute approximate surface area is 502 Å². The van der Waals surface area contributed by atoms with Crippen molar-refractivity contribution in [3.8, 4) is 5.75 Å². The Hall–Kier alpha value is -8.62. The number of carboxylic acid groups (broad SMARTS) is 2. The van der Waals surface area contributed by atoms with Crippen LogP contribution in [0.5, 0.6) is 5.75 Å². The summed E-state index contributed by atoms with van der Waals surface area (Å²) in [5.74, 6) is -13.8. The van der Waals surface area contributed by atoms with Crippen molar-refractivity contribution in [1.82, 2.24) is 47.9 Å². The van der Waals surface area contributed by atoms with Gasteiger partial charge in [0.2, 0.25) is 59.1 Å². The van der Waals surface area contributed by atoms with E-state index in [4.69, 9.17) is 28.7 Å². The lowest BCUT2D eigenvalue weighted by Crippen LogP contribution is -2.61. The van der Waals surface area contributed by atoms with Gasteiger partial charge in [-0.15, -0.1) is 0 Å². The second kappa shape index (κ2) is 39.1. The Bertz CT molecular complexity index is 2630. The lowest BCUT2D eigenvalue weighted by Gasteiger charge is -2.28. The number of aliphatic hydroxyl groups excluding tert-OH is 1. The Balaban J connectivity index is 2.36. The smallest absolute Gasteiger partial charge is 0.326 e. The number of aliphatic carboxylic acids is 2. The number of hydrogen-bond acceptors (Lipinski definition) is 18. The van der Waals surface area contributed by atoms with Gasteiger partial charge in [-0.3, -0.25) is 57.7 Å². The Morgan fingerprint density at radius 2 is 1.09 bits per heavy atom. The second-order valence-corrected chi connectivity index (χ2v) is 20.6. The van der Waals surface area contributed by atoms with E-state index in [0.717, 1.165) is 0 Å². The molecule has 0 bridgehead atoms. The summed E-state index contributed by atoms with van der Waals surface area (Å²) in [6.07, 6.45) is -1.63. The average molecular weight is 1230 g/mol. The lowest BCUT2D eigenvalue weighted by atomic mass is 9.97. The van der Waals surface area contributed by atoms with Gasteiger partial charge in [-0.1, -0.05) is 62.7 Å². The molecule has 86 heavy (non-hydrogen) atoms. The number of aliphatic imine (C=N–C) groups is 1. The van der Waals surface area contributed by atoms with Crippen molar-refractivity contribution in [2.24, 2.45) is 39.6 Å². The number of phenolic OH excluding ortho intramolecular Hbond substituents is 1. The highest BCUT2D eigenvalue weighted by atomic mass is 32.1. The molecule has 2 aromatic rings. The summed E-state index contributed by atoms with van der Waals surface area (Å²) in [5, 5.41) is 61.0. The standard InChI is InChI=1S/C54H83N15O16S/c1-3-29(2)44(52(83)61-27-42(73)62-37(53(84)85)13-9-22-60-54(58)59)69-48(79)35(18-19-41(57)72)64-47(78)36(20-23-86)65-50(81)39(26-43(74)75)67-46(77)34(12-7-8-21-55)63-49(80)38(25-30-10-5-4-6-11-30)66-51(82)40(28-70)68-45(76)33(56)24-31-14-16-32(71)17-15-31/h4-6,10-11,14-17,29,33-40,44,70-71,86H,3,7-9,12-13,18-28,55-56H2,1-2H3,(H2,57,72)(H,61,83)(H,62,73)(H,63,80)(H,64,78)(H,65,81)(H,66,82)(H,67,77)(H,68,76)(H,69,79)(H,74,75)(H,84,85)(H4,58,59,60)/t29-,33-,34-,35-,36-,37-,38-,39-,40-,44-/m0/s1. The van der Waals surface area contributed by atoms with Crippen molar-refractivity contribution in [2.75, 3.05) is 32.0 Å². The number of nitrogens with zero attached hydrogens (tertiary/aromatic N) is 1. The summed E-state index contributed by atoms with van der Waals surface area (Å²) < 4.78 is 0. The molecule has 0 saturated heterocycles. The quantitative estimate of drug-likeness (QED) is 0.0128. The number of phenols is 1. The van der Waals surface area contributed by atoms with Gasteiger partial charge in [0.25, 0.3) is 0 Å². The van der Waals surface area contributed by atoms with Crippen LogP contribution in [0.3, 0.4) is 0 Å². The maximum atomic E-state index is 14.2. The first-order valence-electron chi connectivity index (χ1n) is 27.7. The van der Waals surface area contributed by atoms with Crippen molar-refractivity contribution < 1.29 is 78.0 Å². The van der Waals surface area contributed by atoms with E-state index in [2.05, 4.69) is 65.5 Å². The van der Waals surface area contributed by atoms with Crippen LogP contribution in [0.4, 0.5) is 0 Å². The average Bonchev–Trinajstić information content (AvgIpc) is 3.65. The van der Waals surface area contributed by atoms with E-state index in [1.807, 2.05) is 0 Å². The normalized spacial score (nSPS) is 14.4. The number of nitrogens with two attached hydrogens (primary N) is 5. The Morgan fingerprint density at radius 3 is 1.64 bits per heavy atom. The zero-order valence-electron chi connectivity index (χ0n) is 48.0. The number of benzene rings is 2. The number of amides is 10. The van der Waals surface area contributed by atoms with E-state index in [-0.39, 0.29) is 81.9 Å². The van der Waals surface area contributed by atoms with Crippen LogP contribution in [0.25, 0.3) is 0 Å². The molecule has 0 fully saturated rings. The fourth-order valence-electron chi connectivity index (χ4n) is 8.21. The van der Waals surface area contributed by atoms with E-state index in [1.54, 1.807) is 44.2 Å². The molecule has 31 nitrogen and oxygen atoms in total. The molecule has 23 N–H and O–H groups in total. The van der Waals surface area contributed by atoms with Gasteiger partial charge in [0.15, 0.2) is 5.96 Å². The molecule has 0 heterocycles. The van der Waals surface area contributed by atoms with Gasteiger partial charge in [0.1, 0.15) is 54.1 Å². The Morgan fingerprint density at radius 1 is 0.581 bits per heavy atom. The van der Waals surface area contributed by atoms with Crippen LogP contribution in [0.2, 0.25) is 0 Å². The minimum absolute atomic E-state index is 0.00909. The van der Waals surface area contributed by atoms with Gasteiger partial charge in [-0.2, -0.15) is 12.6 Å². The van der Waals surface area contributed by atoms with Crippen molar-refractivity contribution >= 4 is 89.6 Å². The molecule has 2 rings (SSSR count). The molecular formula is C54H83N15O16S. The largest absolute Gasteiger partial charge is 0.508 e. The maximum absolute atomic E-state index is 14.2. The van der Waals surface area contributed by atoms with E-state index in [9.17, 15) is 78.0 Å². The number of primary amides is 1. The van der Waals surface area contributed by atoms with Gasteiger partial charge in [0, 0.05) is 19.4 Å². The first kappa shape index (κ1) is 73.5. The minimum atomic E-state index is -1.94. The summed E-state index contributed by atoms with van der Waals surface area (Å²) in [7, 11) is 0. The molecule has 0 spiro atoms. The first-order chi connectivity index (χ1) is 40.7. The van der Waals surface area contributed by atoms with Crippen LogP contribution in [0.1, 0.15) is 89.2 Å². The molecule has 10 amide bonds. The monoisotopic (exact) mass is 1230 g/mol. The van der Waals surface area contributed by atoms with Crippen molar-refractivity contribution in [1.29, 1.82) is 0 Å². The van der Waals surface area contributed by atoms with Crippen LogP contribution in [0, 0.1) is 5.92 Å². The van der Waals surface area contributed by atoms with Crippen LogP contribution < -0.4 is 76.5 Å². The van der Waals surface area contributed by atoms with Gasteiger partial charge in [-0.05, 0) is 92.8 Å². The molecule has 0 aromatic heterocycles. The zero-order chi connectivity index (χ0) is 64.5. The molecular weight excluding hydrogens is 1150 g/mol. The predicted octanol–water partition coefficient (Wildman–Crippen LogP) is -5.14. The third-order valence-corrected chi connectivity index (χ3v) is 13.5. The molecule has 0 saturated carbocycles. The molecule has 0 radical (unpaired) electrons. The molecule has 2 aromatic carbocycles. The molecule has 32 heteroatoms. The minimum Gasteiger partial charge on any atom is -0.508 e. The topological polar surface area (TPSA) is 536 Å². The summed E-state index contributed by atoms with van der Waals surface area (Å²) >= 11 is 4.19. The fraction of sp³-hybridized carbons (Fsp3) is 0.537. The second-order valence-electron chi connectivity index (χ2n) is 20.1. The van der Waals surface area contributed by atoms with E-state index >= 15 is 0 Å². The highest BCUT2D eigenvalue weighted by molar-refractivity contribution is 7.80. The number of guanidine groups is 1. The van der Waals surface area contributed by atoms with Crippen LogP contribution in [-0.4, -0.2) is 184 Å². The molecule has 0 aliphatic rings. The fourth-order valence-corrected chi connectivity index (χ4v) is 8.47. The van der Waals surface area contributed by atoms with E-state index in [1.165, 1.54) is 24.3 Å².